The maximum Gasteiger partial charge on any atom is 0.431 e. The Bertz CT molecular complexity index is 1760. The van der Waals surface area contributed by atoms with Crippen LogP contribution in [0.5, 0.6) is 0 Å². The summed E-state index contributed by atoms with van der Waals surface area (Å²) in [7, 11) is -3.92. The summed E-state index contributed by atoms with van der Waals surface area (Å²) < 4.78 is 106. The van der Waals surface area contributed by atoms with E-state index in [1.807, 2.05) is 0 Å². The zero-order valence-corrected chi connectivity index (χ0v) is 20.7. The molecule has 1 heterocycles. The minimum absolute atomic E-state index is 0.0139. The topological polar surface area (TPSA) is 122 Å². The molecule has 0 radical (unpaired) electrons. The van der Waals surface area contributed by atoms with E-state index in [2.05, 4.69) is 0 Å². The van der Waals surface area contributed by atoms with Crippen LogP contribution in [0.2, 0.25) is 0 Å². The van der Waals surface area contributed by atoms with Gasteiger partial charge >= 0.3 is 11.9 Å². The fourth-order valence-electron chi connectivity index (χ4n) is 3.65. The molecule has 0 aliphatic carbocycles. The number of rotatable bonds is 6. The quantitative estimate of drug-likeness (QED) is 0.418. The molecular formula is C23H16F6N4O5S. The second kappa shape index (κ2) is 10.4. The van der Waals surface area contributed by atoms with E-state index in [0.717, 1.165) is 18.2 Å². The van der Waals surface area contributed by atoms with Gasteiger partial charge in [-0.25, -0.2) is 35.3 Å². The van der Waals surface area contributed by atoms with Crippen molar-refractivity contribution in [3.63, 3.8) is 0 Å². The highest BCUT2D eigenvalue weighted by Crippen LogP contribution is 2.30. The van der Waals surface area contributed by atoms with Gasteiger partial charge in [0.1, 0.15) is 17.6 Å². The van der Waals surface area contributed by atoms with E-state index >= 15 is 0 Å². The van der Waals surface area contributed by atoms with Crippen molar-refractivity contribution in [3.05, 3.63) is 91.5 Å². The van der Waals surface area contributed by atoms with Gasteiger partial charge in [0.15, 0.2) is 11.6 Å². The van der Waals surface area contributed by atoms with E-state index < -0.39 is 79.9 Å². The first-order chi connectivity index (χ1) is 18.0. The predicted molar refractivity (Wildman–Crippen MR) is 124 cm³/mol. The molecule has 1 aromatic heterocycles. The molecule has 206 valence electrons. The molecule has 0 bridgehead atoms. The summed E-state index contributed by atoms with van der Waals surface area (Å²) in [5.74, 6) is -5.07. The first kappa shape index (κ1) is 29.2. The van der Waals surface area contributed by atoms with Crippen molar-refractivity contribution in [3.8, 4) is 11.8 Å². The lowest BCUT2D eigenvalue weighted by atomic mass is 10.1. The summed E-state index contributed by atoms with van der Waals surface area (Å²) >= 11 is 0. The third-order valence-corrected chi connectivity index (χ3v) is 6.49. The average Bonchev–Trinajstić information content (AvgIpc) is 2.82. The van der Waals surface area contributed by atoms with Crippen LogP contribution >= 0.6 is 0 Å². The number of aromatic nitrogens is 2. The van der Waals surface area contributed by atoms with E-state index in [9.17, 15) is 54.4 Å². The van der Waals surface area contributed by atoms with Crippen LogP contribution < -0.4 is 15.6 Å². The molecule has 0 aliphatic heterocycles. The molecule has 39 heavy (non-hydrogen) atoms. The van der Waals surface area contributed by atoms with Crippen LogP contribution in [0.3, 0.4) is 0 Å². The van der Waals surface area contributed by atoms with Gasteiger partial charge in [-0.05, 0) is 36.2 Å². The summed E-state index contributed by atoms with van der Waals surface area (Å²) in [6, 6.07) is 5.07. The Morgan fingerprint density at radius 1 is 1.03 bits per heavy atom. The number of nitrogens with zero attached hydrogens (tertiary/aromatic N) is 4. The van der Waals surface area contributed by atoms with E-state index in [4.69, 9.17) is 0 Å². The first-order valence-corrected chi connectivity index (χ1v) is 12.4. The third kappa shape index (κ3) is 5.87. The number of halogens is 6. The minimum Gasteiger partial charge on any atom is -0.292 e. The molecule has 0 saturated carbocycles. The van der Waals surface area contributed by atoms with Gasteiger partial charge in [0.25, 0.3) is 5.56 Å². The normalized spacial score (nSPS) is 11.8. The van der Waals surface area contributed by atoms with Crippen molar-refractivity contribution in [2.45, 2.75) is 19.0 Å². The number of alkyl halides is 3. The van der Waals surface area contributed by atoms with Crippen molar-refractivity contribution in [1.82, 2.24) is 9.13 Å². The van der Waals surface area contributed by atoms with Gasteiger partial charge in [-0.1, -0.05) is 6.07 Å². The highest BCUT2D eigenvalue weighted by molar-refractivity contribution is 7.92. The molecule has 0 N–H and O–H groups in total. The van der Waals surface area contributed by atoms with Crippen LogP contribution in [0.25, 0.3) is 5.69 Å². The first-order valence-electron chi connectivity index (χ1n) is 10.6. The second-order valence-electron chi connectivity index (χ2n) is 8.14. The lowest BCUT2D eigenvalue weighted by Crippen LogP contribution is -2.41. The molecule has 16 heteroatoms. The lowest BCUT2D eigenvalue weighted by molar-refractivity contribution is -0.144. The maximum absolute atomic E-state index is 14.9. The molecule has 3 aromatic rings. The highest BCUT2D eigenvalue weighted by atomic mass is 32.2. The van der Waals surface area contributed by atoms with Crippen molar-refractivity contribution >= 4 is 21.6 Å². The molecule has 0 unspecified atom stereocenters. The molecule has 0 fully saturated rings. The lowest BCUT2D eigenvalue weighted by Gasteiger charge is -2.23. The molecule has 1 amide bonds. The van der Waals surface area contributed by atoms with Crippen LogP contribution in [0.15, 0.2) is 46.0 Å². The number of carbonyl (C=O) groups excluding carboxylic acids is 1. The Balaban J connectivity index is 2.18. The zero-order chi connectivity index (χ0) is 29.4. The van der Waals surface area contributed by atoms with Crippen LogP contribution in [-0.4, -0.2) is 29.7 Å². The molecule has 2 aromatic carbocycles. The van der Waals surface area contributed by atoms with E-state index in [1.165, 1.54) is 6.07 Å². The molecule has 0 atom stereocenters. The summed E-state index contributed by atoms with van der Waals surface area (Å²) in [6.07, 6.45) is -5.50. The SMILES string of the molecule is Cn1c(C(F)(F)F)cc(=O)n(-c2cc(N(C(=O)CCc3ccc(F)c(F)c3)S(C)(=O)=O)c(C#N)cc2F)c1=O. The van der Waals surface area contributed by atoms with Gasteiger partial charge in [-0.15, -0.1) is 0 Å². The fraction of sp³-hybridized carbons (Fsp3) is 0.217. The summed E-state index contributed by atoms with van der Waals surface area (Å²) in [5.41, 5.74) is -7.40. The Morgan fingerprint density at radius 3 is 2.21 bits per heavy atom. The van der Waals surface area contributed by atoms with Crippen LogP contribution in [0.1, 0.15) is 23.2 Å². The number of benzene rings is 2. The third-order valence-electron chi connectivity index (χ3n) is 5.43. The van der Waals surface area contributed by atoms with Gasteiger partial charge < -0.3 is 0 Å². The second-order valence-corrected chi connectivity index (χ2v) is 9.98. The highest BCUT2D eigenvalue weighted by Gasteiger charge is 2.36. The molecular weight excluding hydrogens is 558 g/mol. The van der Waals surface area contributed by atoms with Crippen LogP contribution in [0.4, 0.5) is 32.0 Å². The van der Waals surface area contributed by atoms with Crippen molar-refractivity contribution in [2.24, 2.45) is 7.05 Å². The summed E-state index contributed by atoms with van der Waals surface area (Å²) in [5, 5.41) is 9.46. The zero-order valence-electron chi connectivity index (χ0n) is 19.9. The maximum atomic E-state index is 14.9. The molecule has 0 saturated heterocycles. The van der Waals surface area contributed by atoms with Crippen molar-refractivity contribution in [1.29, 1.82) is 5.26 Å². The molecule has 0 aliphatic rings. The number of nitriles is 1. The number of aryl methyl sites for hydroxylation is 1. The van der Waals surface area contributed by atoms with E-state index in [-0.39, 0.29) is 31.5 Å². The van der Waals surface area contributed by atoms with Gasteiger partial charge in [0, 0.05) is 19.5 Å². The molecule has 0 spiro atoms. The Morgan fingerprint density at radius 2 is 1.67 bits per heavy atom. The van der Waals surface area contributed by atoms with Crippen LogP contribution in [-0.2, 0) is 34.5 Å². The minimum atomic E-state index is -5.12. The fourth-order valence-corrected chi connectivity index (χ4v) is 4.61. The number of hydrogen-bond acceptors (Lipinski definition) is 6. The van der Waals surface area contributed by atoms with E-state index in [0.29, 0.717) is 25.4 Å². The number of anilines is 1. The van der Waals surface area contributed by atoms with Crippen LogP contribution in [0, 0.1) is 28.8 Å². The van der Waals surface area contributed by atoms with Gasteiger partial charge in [-0.3, -0.25) is 14.2 Å². The van der Waals surface area contributed by atoms with Gasteiger partial charge in [0.2, 0.25) is 15.9 Å². The molecule has 9 nitrogen and oxygen atoms in total. The Labute approximate surface area is 215 Å². The van der Waals surface area contributed by atoms with E-state index in [1.54, 1.807) is 0 Å². The Kier molecular flexibility index (Phi) is 7.78. The number of hydrogen-bond donors (Lipinski definition) is 0. The standard InChI is InChI=1S/C23H16F6N4O5S/c1-31-19(23(27,28)29)10-21(35)32(22(31)36)18-9-17(13(11-30)8-16(18)26)33(39(2,37)38)20(34)6-4-12-3-5-14(24)15(25)7-12/h3,5,7-10H,4,6H2,1-2H3. The number of sulfonamides is 1. The number of amides is 1. The van der Waals surface area contributed by atoms with Crippen molar-refractivity contribution < 1.29 is 39.6 Å². The summed E-state index contributed by atoms with van der Waals surface area (Å²) in [6.45, 7) is 0. The molecule has 3 rings (SSSR count). The summed E-state index contributed by atoms with van der Waals surface area (Å²) in [4.78, 5) is 38.1. The Hall–Kier alpha value is -4.39. The number of carbonyl (C=O) groups is 1. The monoisotopic (exact) mass is 574 g/mol. The largest absolute Gasteiger partial charge is 0.431 e. The smallest absolute Gasteiger partial charge is 0.292 e. The van der Waals surface area contributed by atoms with Gasteiger partial charge in [-0.2, -0.15) is 18.4 Å². The van der Waals surface area contributed by atoms with Gasteiger partial charge in [0.05, 0.1) is 23.2 Å². The average molecular weight is 574 g/mol. The predicted octanol–water partition coefficient (Wildman–Crippen LogP) is 2.77. The van der Waals surface area contributed by atoms with Crippen molar-refractivity contribution in [2.75, 3.05) is 10.6 Å².